The average Bonchev–Trinajstić information content (AvgIpc) is 3.36. The highest BCUT2D eigenvalue weighted by atomic mass is 32.2. The van der Waals surface area contributed by atoms with Gasteiger partial charge in [0.1, 0.15) is 5.75 Å². The van der Waals surface area contributed by atoms with Crippen LogP contribution in [0.2, 0.25) is 0 Å². The van der Waals surface area contributed by atoms with Gasteiger partial charge < -0.3 is 14.8 Å². The molecule has 0 saturated carbocycles. The number of nitrogens with zero attached hydrogens (tertiary/aromatic N) is 3. The number of hydrogen-bond donors (Lipinski definition) is 1. The summed E-state index contributed by atoms with van der Waals surface area (Å²) in [5, 5.41) is 8.24. The van der Waals surface area contributed by atoms with Gasteiger partial charge in [-0.15, -0.1) is 0 Å². The summed E-state index contributed by atoms with van der Waals surface area (Å²) in [4.78, 5) is 18.1. The minimum absolute atomic E-state index is 0.0211. The average molecular weight is 487 g/mol. The van der Waals surface area contributed by atoms with E-state index in [4.69, 9.17) is 14.5 Å². The molecule has 0 bridgehead atoms. The predicted molar refractivity (Wildman–Crippen MR) is 130 cm³/mol. The Morgan fingerprint density at radius 2 is 2.12 bits per heavy atom. The van der Waals surface area contributed by atoms with Crippen LogP contribution in [-0.4, -0.2) is 67.5 Å². The maximum absolute atomic E-state index is 13.2. The van der Waals surface area contributed by atoms with Crippen molar-refractivity contribution >= 4 is 26.8 Å². The Hall–Kier alpha value is -2.98. The molecule has 0 aliphatic carbocycles. The second-order valence-electron chi connectivity index (χ2n) is 8.38. The third-order valence-electron chi connectivity index (χ3n) is 5.96. The number of methoxy groups -OCH3 is 1. The van der Waals surface area contributed by atoms with E-state index in [1.165, 1.54) is 0 Å². The fourth-order valence-electron chi connectivity index (χ4n) is 4.26. The molecule has 182 valence electrons. The van der Waals surface area contributed by atoms with Crippen LogP contribution in [0.3, 0.4) is 0 Å². The van der Waals surface area contributed by atoms with E-state index in [-0.39, 0.29) is 23.5 Å². The molecule has 1 saturated heterocycles. The van der Waals surface area contributed by atoms with Gasteiger partial charge in [-0.1, -0.05) is 12.1 Å². The first-order valence-corrected chi connectivity index (χ1v) is 13.3. The smallest absolute Gasteiger partial charge is 0.252 e. The number of aromatic nitrogens is 3. The zero-order chi connectivity index (χ0) is 24.3. The second kappa shape index (κ2) is 10.1. The predicted octanol–water partition coefficient (Wildman–Crippen LogP) is 2.93. The van der Waals surface area contributed by atoms with Crippen LogP contribution in [-0.2, 0) is 14.6 Å². The van der Waals surface area contributed by atoms with Gasteiger partial charge in [-0.25, -0.2) is 18.1 Å². The quantitative estimate of drug-likeness (QED) is 0.463. The molecule has 1 atom stereocenters. The van der Waals surface area contributed by atoms with E-state index >= 15 is 0 Å². The Labute approximate surface area is 199 Å². The topological polar surface area (TPSA) is 112 Å². The third-order valence-corrected chi connectivity index (χ3v) is 7.71. The summed E-state index contributed by atoms with van der Waals surface area (Å²) in [5.41, 5.74) is 3.00. The molecule has 1 fully saturated rings. The van der Waals surface area contributed by atoms with Crippen LogP contribution in [0, 0.1) is 6.92 Å². The first-order chi connectivity index (χ1) is 16.3. The summed E-state index contributed by atoms with van der Waals surface area (Å²) in [6.45, 7) is 5.44. The van der Waals surface area contributed by atoms with E-state index in [0.29, 0.717) is 66.3 Å². The zero-order valence-corrected chi connectivity index (χ0v) is 20.5. The molecular weight excluding hydrogens is 456 g/mol. The molecule has 1 aliphatic rings. The molecule has 34 heavy (non-hydrogen) atoms. The highest BCUT2D eigenvalue weighted by molar-refractivity contribution is 7.91. The molecule has 1 N–H and O–H groups in total. The number of carbonyl (C=O) groups is 1. The van der Waals surface area contributed by atoms with Gasteiger partial charge in [-0.3, -0.25) is 4.79 Å². The Morgan fingerprint density at radius 3 is 2.82 bits per heavy atom. The number of benzene rings is 1. The summed E-state index contributed by atoms with van der Waals surface area (Å²) >= 11 is 0. The maximum atomic E-state index is 13.2. The van der Waals surface area contributed by atoms with Crippen molar-refractivity contribution in [1.82, 2.24) is 20.1 Å². The van der Waals surface area contributed by atoms with Gasteiger partial charge >= 0.3 is 0 Å². The Balaban J connectivity index is 1.79. The van der Waals surface area contributed by atoms with Crippen LogP contribution in [0.5, 0.6) is 5.75 Å². The fraction of sp³-hybridized carbons (Fsp3) is 0.458. The number of hydrogen-bond acceptors (Lipinski definition) is 7. The molecule has 9 nitrogen and oxygen atoms in total. The maximum Gasteiger partial charge on any atom is 0.252 e. The van der Waals surface area contributed by atoms with E-state index in [1.54, 1.807) is 17.9 Å². The van der Waals surface area contributed by atoms with Crippen molar-refractivity contribution in [2.24, 2.45) is 0 Å². The summed E-state index contributed by atoms with van der Waals surface area (Å²) in [6, 6.07) is 8.90. The van der Waals surface area contributed by atoms with Gasteiger partial charge in [-0.05, 0) is 44.9 Å². The molecule has 1 amide bonds. The largest absolute Gasteiger partial charge is 0.497 e. The normalized spacial score (nSPS) is 17.2. The number of pyridine rings is 1. The highest BCUT2D eigenvalue weighted by Crippen LogP contribution is 2.32. The van der Waals surface area contributed by atoms with Gasteiger partial charge in [0.05, 0.1) is 47.0 Å². The van der Waals surface area contributed by atoms with E-state index in [0.717, 1.165) is 5.56 Å². The summed E-state index contributed by atoms with van der Waals surface area (Å²) < 4.78 is 36.7. The molecule has 0 spiro atoms. The number of rotatable bonds is 9. The Bertz CT molecular complexity index is 1300. The lowest BCUT2D eigenvalue weighted by molar-refractivity contribution is 0.0945. The first kappa shape index (κ1) is 24.2. The summed E-state index contributed by atoms with van der Waals surface area (Å²) in [6.07, 6.45) is 1.18. The van der Waals surface area contributed by atoms with E-state index < -0.39 is 9.84 Å². The van der Waals surface area contributed by atoms with Crippen LogP contribution in [0.1, 0.15) is 41.9 Å². The SMILES string of the molecule is CCOCCCNC(=O)c1cc(-c2cccc(OC)c2)nc2c1c(C)nn2C1CCS(=O)(=O)C1. The van der Waals surface area contributed by atoms with Crippen LogP contribution in [0.25, 0.3) is 22.3 Å². The van der Waals surface area contributed by atoms with Crippen molar-refractivity contribution in [2.75, 3.05) is 38.4 Å². The molecule has 4 rings (SSSR count). The van der Waals surface area contributed by atoms with E-state index in [1.807, 2.05) is 38.1 Å². The van der Waals surface area contributed by atoms with Crippen molar-refractivity contribution in [1.29, 1.82) is 0 Å². The number of nitrogens with one attached hydrogen (secondary N) is 1. The Kier molecular flexibility index (Phi) is 7.18. The van der Waals surface area contributed by atoms with Gasteiger partial charge in [0, 0.05) is 25.3 Å². The second-order valence-corrected chi connectivity index (χ2v) is 10.6. The number of amides is 1. The molecule has 2 aromatic heterocycles. The molecule has 1 unspecified atom stereocenters. The third kappa shape index (κ3) is 5.07. The lowest BCUT2D eigenvalue weighted by atomic mass is 10.0. The van der Waals surface area contributed by atoms with Crippen LogP contribution >= 0.6 is 0 Å². The molecule has 10 heteroatoms. The summed E-state index contributed by atoms with van der Waals surface area (Å²) in [7, 11) is -1.52. The minimum Gasteiger partial charge on any atom is -0.497 e. The Morgan fingerprint density at radius 1 is 1.29 bits per heavy atom. The van der Waals surface area contributed by atoms with Crippen molar-refractivity contribution < 1.29 is 22.7 Å². The van der Waals surface area contributed by atoms with Crippen LogP contribution in [0.15, 0.2) is 30.3 Å². The van der Waals surface area contributed by atoms with Gasteiger partial charge in [0.2, 0.25) is 0 Å². The lowest BCUT2D eigenvalue weighted by Gasteiger charge is -2.13. The minimum atomic E-state index is -3.12. The van der Waals surface area contributed by atoms with Crippen molar-refractivity contribution in [3.8, 4) is 17.0 Å². The van der Waals surface area contributed by atoms with E-state index in [2.05, 4.69) is 10.4 Å². The number of aryl methyl sites for hydroxylation is 1. The molecule has 1 aliphatic heterocycles. The van der Waals surface area contributed by atoms with Gasteiger partial charge in [0.25, 0.3) is 5.91 Å². The van der Waals surface area contributed by atoms with Crippen molar-refractivity contribution in [2.45, 2.75) is 32.7 Å². The standard InChI is InChI=1S/C24H30N4O5S/c1-4-33-11-6-10-25-24(29)20-14-21(17-7-5-8-19(13-17)32-3)26-23-22(20)16(2)27-28(23)18-9-12-34(30,31)15-18/h5,7-8,13-14,18H,4,6,9-12,15H2,1-3H3,(H,25,29). The monoisotopic (exact) mass is 486 g/mol. The number of carbonyl (C=O) groups excluding carboxylic acids is 1. The van der Waals surface area contributed by atoms with Gasteiger partial charge in [-0.2, -0.15) is 5.10 Å². The van der Waals surface area contributed by atoms with Crippen molar-refractivity contribution in [3.63, 3.8) is 0 Å². The molecule has 0 radical (unpaired) electrons. The fourth-order valence-corrected chi connectivity index (χ4v) is 5.95. The highest BCUT2D eigenvalue weighted by Gasteiger charge is 2.32. The molecule has 3 aromatic rings. The lowest BCUT2D eigenvalue weighted by Crippen LogP contribution is -2.25. The zero-order valence-electron chi connectivity index (χ0n) is 19.7. The molecule has 1 aromatic carbocycles. The number of fused-ring (bicyclic) bond motifs is 1. The van der Waals surface area contributed by atoms with Crippen molar-refractivity contribution in [3.05, 3.63) is 41.6 Å². The van der Waals surface area contributed by atoms with Crippen LogP contribution in [0.4, 0.5) is 0 Å². The first-order valence-electron chi connectivity index (χ1n) is 11.4. The molecular formula is C24H30N4O5S. The molecule has 3 heterocycles. The van der Waals surface area contributed by atoms with E-state index in [9.17, 15) is 13.2 Å². The number of ether oxygens (including phenoxy) is 2. The number of sulfone groups is 1. The van der Waals surface area contributed by atoms with Gasteiger partial charge in [0.15, 0.2) is 15.5 Å². The van der Waals surface area contributed by atoms with Crippen LogP contribution < -0.4 is 10.1 Å². The summed E-state index contributed by atoms with van der Waals surface area (Å²) in [5.74, 6) is 0.594.